The molecular formula is C10H14N2O2. The van der Waals surface area contributed by atoms with Crippen LogP contribution in [-0.2, 0) is 11.2 Å². The van der Waals surface area contributed by atoms with Crippen LogP contribution in [0.4, 0.5) is 0 Å². The van der Waals surface area contributed by atoms with E-state index in [1.807, 2.05) is 12.1 Å². The van der Waals surface area contributed by atoms with Crippen molar-refractivity contribution in [3.05, 3.63) is 29.8 Å². The van der Waals surface area contributed by atoms with Gasteiger partial charge in [-0.25, -0.2) is 0 Å². The van der Waals surface area contributed by atoms with E-state index in [-0.39, 0.29) is 18.2 Å². The monoisotopic (exact) mass is 194 g/mol. The summed E-state index contributed by atoms with van der Waals surface area (Å²) < 4.78 is 0. The van der Waals surface area contributed by atoms with Crippen molar-refractivity contribution in [3.63, 3.8) is 0 Å². The maximum Gasteiger partial charge on any atom is 0.231 e. The van der Waals surface area contributed by atoms with Gasteiger partial charge < -0.3 is 16.2 Å². The molecular weight excluding hydrogens is 180 g/mol. The van der Waals surface area contributed by atoms with Crippen molar-refractivity contribution in [2.45, 2.75) is 6.42 Å². The molecule has 1 aromatic carbocycles. The van der Waals surface area contributed by atoms with Crippen LogP contribution in [0, 0.1) is 0 Å². The van der Waals surface area contributed by atoms with E-state index in [2.05, 4.69) is 5.32 Å². The molecule has 0 bridgehead atoms. The van der Waals surface area contributed by atoms with Crippen LogP contribution >= 0.6 is 0 Å². The number of nitrogens with two attached hydrogens (primary N) is 1. The lowest BCUT2D eigenvalue weighted by molar-refractivity contribution is -0.117. The van der Waals surface area contributed by atoms with E-state index in [1.54, 1.807) is 12.1 Å². The van der Waals surface area contributed by atoms with Crippen molar-refractivity contribution in [1.82, 2.24) is 5.32 Å². The van der Waals surface area contributed by atoms with Crippen LogP contribution in [0.2, 0.25) is 0 Å². The second kappa shape index (κ2) is 5.24. The molecule has 4 heteroatoms. The van der Waals surface area contributed by atoms with Gasteiger partial charge in [-0.15, -0.1) is 0 Å². The number of aromatic hydroxyl groups is 1. The fourth-order valence-electron chi connectivity index (χ4n) is 1.11. The molecule has 0 aliphatic heterocycles. The molecule has 0 saturated carbocycles. The molecule has 1 rings (SSSR count). The minimum atomic E-state index is -0.351. The number of primary amides is 1. The molecule has 1 aromatic rings. The highest BCUT2D eigenvalue weighted by atomic mass is 16.3. The lowest BCUT2D eigenvalue weighted by Crippen LogP contribution is -2.29. The van der Waals surface area contributed by atoms with Crippen LogP contribution in [-0.4, -0.2) is 24.1 Å². The van der Waals surface area contributed by atoms with Gasteiger partial charge in [0.1, 0.15) is 5.75 Å². The van der Waals surface area contributed by atoms with Gasteiger partial charge in [0.05, 0.1) is 6.54 Å². The maximum absolute atomic E-state index is 10.4. The van der Waals surface area contributed by atoms with E-state index >= 15 is 0 Å². The Balaban J connectivity index is 2.25. The van der Waals surface area contributed by atoms with E-state index < -0.39 is 0 Å². The molecule has 0 saturated heterocycles. The van der Waals surface area contributed by atoms with E-state index in [0.29, 0.717) is 6.54 Å². The summed E-state index contributed by atoms with van der Waals surface area (Å²) in [5.74, 6) is -0.0884. The summed E-state index contributed by atoms with van der Waals surface area (Å²) in [6, 6.07) is 6.98. The van der Waals surface area contributed by atoms with Gasteiger partial charge >= 0.3 is 0 Å². The Labute approximate surface area is 82.7 Å². The van der Waals surface area contributed by atoms with Gasteiger partial charge in [-0.1, -0.05) is 12.1 Å². The van der Waals surface area contributed by atoms with E-state index in [9.17, 15) is 4.79 Å². The highest BCUT2D eigenvalue weighted by molar-refractivity contribution is 5.75. The smallest absolute Gasteiger partial charge is 0.231 e. The number of hydrogen-bond acceptors (Lipinski definition) is 3. The van der Waals surface area contributed by atoms with Gasteiger partial charge in [0.25, 0.3) is 0 Å². The normalized spacial score (nSPS) is 10.0. The van der Waals surface area contributed by atoms with Crippen molar-refractivity contribution in [2.24, 2.45) is 5.73 Å². The highest BCUT2D eigenvalue weighted by Gasteiger charge is 1.95. The molecule has 0 spiro atoms. The lowest BCUT2D eigenvalue weighted by atomic mass is 10.1. The average Bonchev–Trinajstić information content (AvgIpc) is 2.15. The zero-order valence-electron chi connectivity index (χ0n) is 7.86. The Bertz CT molecular complexity index is 295. The second-order valence-electron chi connectivity index (χ2n) is 3.06. The molecule has 0 fully saturated rings. The summed E-state index contributed by atoms with van der Waals surface area (Å²) >= 11 is 0. The molecule has 4 N–H and O–H groups in total. The third-order valence-electron chi connectivity index (χ3n) is 1.83. The first-order valence-electron chi connectivity index (χ1n) is 4.45. The molecule has 76 valence electrons. The minimum absolute atomic E-state index is 0.206. The average molecular weight is 194 g/mol. The standard InChI is InChI=1S/C10H14N2O2/c11-10(14)7-12-6-5-8-1-3-9(13)4-2-8/h1-4,12-13H,5-7H2,(H2,11,14). The predicted molar refractivity (Wildman–Crippen MR) is 53.9 cm³/mol. The molecule has 0 aromatic heterocycles. The van der Waals surface area contributed by atoms with Crippen molar-refractivity contribution in [3.8, 4) is 5.75 Å². The Hall–Kier alpha value is -1.55. The molecule has 14 heavy (non-hydrogen) atoms. The van der Waals surface area contributed by atoms with Gasteiger partial charge in [0.15, 0.2) is 0 Å². The summed E-state index contributed by atoms with van der Waals surface area (Å²) in [4.78, 5) is 10.4. The SMILES string of the molecule is NC(=O)CNCCc1ccc(O)cc1. The number of rotatable bonds is 5. The van der Waals surface area contributed by atoms with Crippen molar-refractivity contribution in [2.75, 3.05) is 13.1 Å². The first-order valence-corrected chi connectivity index (χ1v) is 4.45. The molecule has 0 atom stereocenters. The molecule has 0 heterocycles. The third-order valence-corrected chi connectivity index (χ3v) is 1.83. The van der Waals surface area contributed by atoms with Crippen molar-refractivity contribution in [1.29, 1.82) is 0 Å². The molecule has 1 amide bonds. The summed E-state index contributed by atoms with van der Waals surface area (Å²) in [7, 11) is 0. The fraction of sp³-hybridized carbons (Fsp3) is 0.300. The third kappa shape index (κ3) is 3.91. The summed E-state index contributed by atoms with van der Waals surface area (Å²) in [5.41, 5.74) is 6.07. The zero-order valence-corrected chi connectivity index (χ0v) is 7.86. The van der Waals surface area contributed by atoms with Gasteiger partial charge in [0.2, 0.25) is 5.91 Å². The van der Waals surface area contributed by atoms with E-state index in [1.165, 1.54) is 0 Å². The quantitative estimate of drug-likeness (QED) is 0.578. The van der Waals surface area contributed by atoms with Gasteiger partial charge in [-0.3, -0.25) is 4.79 Å². The first-order chi connectivity index (χ1) is 6.68. The number of hydrogen-bond donors (Lipinski definition) is 3. The molecule has 0 aliphatic carbocycles. The van der Waals surface area contributed by atoms with Gasteiger partial charge in [-0.05, 0) is 30.7 Å². The van der Waals surface area contributed by atoms with E-state index in [4.69, 9.17) is 10.8 Å². The number of amides is 1. The number of phenols is 1. The Kier molecular flexibility index (Phi) is 3.94. The van der Waals surface area contributed by atoms with E-state index in [0.717, 1.165) is 12.0 Å². The second-order valence-corrected chi connectivity index (χ2v) is 3.06. The zero-order chi connectivity index (χ0) is 10.4. The molecule has 0 radical (unpaired) electrons. The Morgan fingerprint density at radius 2 is 2.00 bits per heavy atom. The molecule has 0 aliphatic rings. The number of nitrogens with one attached hydrogen (secondary N) is 1. The van der Waals surface area contributed by atoms with Crippen LogP contribution in [0.1, 0.15) is 5.56 Å². The van der Waals surface area contributed by atoms with Crippen LogP contribution in [0.5, 0.6) is 5.75 Å². The van der Waals surface area contributed by atoms with Crippen LogP contribution < -0.4 is 11.1 Å². The minimum Gasteiger partial charge on any atom is -0.508 e. The molecule has 0 unspecified atom stereocenters. The van der Waals surface area contributed by atoms with Crippen molar-refractivity contribution < 1.29 is 9.90 Å². The van der Waals surface area contributed by atoms with Crippen LogP contribution in [0.3, 0.4) is 0 Å². The number of carbonyl (C=O) groups excluding carboxylic acids is 1. The fourth-order valence-corrected chi connectivity index (χ4v) is 1.11. The number of carbonyl (C=O) groups is 1. The van der Waals surface area contributed by atoms with Crippen molar-refractivity contribution >= 4 is 5.91 Å². The predicted octanol–water partition coefficient (Wildman–Crippen LogP) is 0.00960. The number of phenolic OH excluding ortho intramolecular Hbond substituents is 1. The topological polar surface area (TPSA) is 75.4 Å². The van der Waals surface area contributed by atoms with Gasteiger partial charge in [0, 0.05) is 0 Å². The van der Waals surface area contributed by atoms with Gasteiger partial charge in [-0.2, -0.15) is 0 Å². The Morgan fingerprint density at radius 1 is 1.36 bits per heavy atom. The van der Waals surface area contributed by atoms with Crippen LogP contribution in [0.25, 0.3) is 0 Å². The Morgan fingerprint density at radius 3 is 2.57 bits per heavy atom. The lowest BCUT2D eigenvalue weighted by Gasteiger charge is -2.02. The summed E-state index contributed by atoms with van der Waals surface area (Å²) in [6.07, 6.45) is 0.813. The highest BCUT2D eigenvalue weighted by Crippen LogP contribution is 2.09. The first kappa shape index (κ1) is 10.5. The maximum atomic E-state index is 10.4. The summed E-state index contributed by atoms with van der Waals surface area (Å²) in [6.45, 7) is 0.909. The summed E-state index contributed by atoms with van der Waals surface area (Å²) in [5, 5.41) is 11.9. The number of benzene rings is 1. The molecule has 4 nitrogen and oxygen atoms in total. The largest absolute Gasteiger partial charge is 0.508 e. The van der Waals surface area contributed by atoms with Crippen LogP contribution in [0.15, 0.2) is 24.3 Å².